The van der Waals surface area contributed by atoms with E-state index in [-0.39, 0.29) is 5.97 Å². The summed E-state index contributed by atoms with van der Waals surface area (Å²) in [6.45, 7) is 12.1. The van der Waals surface area contributed by atoms with Gasteiger partial charge in [-0.25, -0.2) is 4.79 Å². The molecule has 0 N–H and O–H groups in total. The molecule has 19 heavy (non-hydrogen) atoms. The number of nitrogens with zero attached hydrogens (tertiary/aromatic N) is 2. The topological polar surface area (TPSA) is 42.0 Å². The molecule has 5 nitrogen and oxygen atoms in total. The largest absolute Gasteiger partial charge is 0.385 e. The molecule has 1 saturated heterocycles. The van der Waals surface area contributed by atoms with Gasteiger partial charge in [0.05, 0.1) is 12.0 Å². The first-order chi connectivity index (χ1) is 8.84. The van der Waals surface area contributed by atoms with E-state index in [1.807, 2.05) is 20.8 Å². The van der Waals surface area contributed by atoms with Crippen LogP contribution in [0.5, 0.6) is 0 Å². The molecule has 112 valence electrons. The van der Waals surface area contributed by atoms with Gasteiger partial charge in [0.1, 0.15) is 0 Å². The molecule has 0 aromatic heterocycles. The Balaban J connectivity index is 2.35. The van der Waals surface area contributed by atoms with Crippen LogP contribution in [0.15, 0.2) is 0 Å². The van der Waals surface area contributed by atoms with Crippen LogP contribution in [0.25, 0.3) is 0 Å². The number of hydrogen-bond acceptors (Lipinski definition) is 5. The third-order valence-electron chi connectivity index (χ3n) is 3.35. The van der Waals surface area contributed by atoms with Crippen molar-refractivity contribution in [2.24, 2.45) is 5.41 Å². The summed E-state index contributed by atoms with van der Waals surface area (Å²) in [5, 5.41) is 1.80. The van der Waals surface area contributed by atoms with Crippen molar-refractivity contribution >= 4 is 5.97 Å². The second kappa shape index (κ2) is 7.22. The molecule has 0 amide bonds. The average Bonchev–Trinajstić information content (AvgIpc) is 2.31. The SMILES string of the molecule is COCCCN1CCN(OC(=O)C(C)(C)C)CC1C. The molecule has 0 spiro atoms. The molecule has 0 aromatic carbocycles. The van der Waals surface area contributed by atoms with E-state index in [4.69, 9.17) is 9.57 Å². The molecule has 5 heteroatoms. The van der Waals surface area contributed by atoms with Gasteiger partial charge in [0, 0.05) is 39.4 Å². The molecule has 1 atom stereocenters. The number of hydroxylamine groups is 2. The molecular formula is C14H28N2O3. The van der Waals surface area contributed by atoms with E-state index < -0.39 is 5.41 Å². The Hall–Kier alpha value is -0.650. The Labute approximate surface area is 116 Å². The van der Waals surface area contributed by atoms with E-state index in [1.54, 1.807) is 12.2 Å². The molecular weight excluding hydrogens is 244 g/mol. The lowest BCUT2D eigenvalue weighted by Gasteiger charge is -2.39. The van der Waals surface area contributed by atoms with Gasteiger partial charge in [-0.05, 0) is 34.1 Å². The molecule has 1 rings (SSSR count). The molecule has 1 aliphatic rings. The molecule has 1 fully saturated rings. The fourth-order valence-electron chi connectivity index (χ4n) is 2.04. The summed E-state index contributed by atoms with van der Waals surface area (Å²) < 4.78 is 5.07. The lowest BCUT2D eigenvalue weighted by atomic mass is 9.98. The van der Waals surface area contributed by atoms with Gasteiger partial charge in [0.15, 0.2) is 0 Å². The van der Waals surface area contributed by atoms with Crippen LogP contribution in [0.2, 0.25) is 0 Å². The summed E-state index contributed by atoms with van der Waals surface area (Å²) in [7, 11) is 1.73. The predicted molar refractivity (Wildman–Crippen MR) is 74.6 cm³/mol. The van der Waals surface area contributed by atoms with Gasteiger partial charge < -0.3 is 9.57 Å². The number of carbonyl (C=O) groups excluding carboxylic acids is 1. The van der Waals surface area contributed by atoms with Crippen LogP contribution in [0.4, 0.5) is 0 Å². The van der Waals surface area contributed by atoms with E-state index in [2.05, 4.69) is 11.8 Å². The number of piperazine rings is 1. The first-order valence-electron chi connectivity index (χ1n) is 7.05. The summed E-state index contributed by atoms with van der Waals surface area (Å²) >= 11 is 0. The maximum Gasteiger partial charge on any atom is 0.330 e. The van der Waals surface area contributed by atoms with Gasteiger partial charge in [0.25, 0.3) is 0 Å². The molecule has 1 unspecified atom stereocenters. The number of methoxy groups -OCH3 is 1. The number of ether oxygens (including phenoxy) is 1. The maximum absolute atomic E-state index is 11.8. The number of rotatable bonds is 5. The Morgan fingerprint density at radius 3 is 2.53 bits per heavy atom. The van der Waals surface area contributed by atoms with Crippen molar-refractivity contribution in [2.45, 2.75) is 40.2 Å². The molecule has 0 aromatic rings. The number of hydrogen-bond donors (Lipinski definition) is 0. The van der Waals surface area contributed by atoms with Gasteiger partial charge >= 0.3 is 5.97 Å². The second-order valence-corrected chi connectivity index (χ2v) is 6.25. The summed E-state index contributed by atoms with van der Waals surface area (Å²) in [5.41, 5.74) is -0.446. The first-order valence-corrected chi connectivity index (χ1v) is 7.05. The zero-order valence-corrected chi connectivity index (χ0v) is 12.9. The minimum absolute atomic E-state index is 0.160. The maximum atomic E-state index is 11.8. The van der Waals surface area contributed by atoms with E-state index in [0.29, 0.717) is 6.04 Å². The van der Waals surface area contributed by atoms with Crippen LogP contribution in [0.1, 0.15) is 34.1 Å². The van der Waals surface area contributed by atoms with E-state index in [0.717, 1.165) is 39.2 Å². The minimum Gasteiger partial charge on any atom is -0.385 e. The molecule has 0 aliphatic carbocycles. The normalized spacial score (nSPS) is 22.5. The predicted octanol–water partition coefficient (Wildman–Crippen LogP) is 1.53. The zero-order valence-electron chi connectivity index (χ0n) is 12.9. The number of carbonyl (C=O) groups is 1. The van der Waals surface area contributed by atoms with Crippen LogP contribution in [-0.2, 0) is 14.4 Å². The summed E-state index contributed by atoms with van der Waals surface area (Å²) in [5.74, 6) is -0.160. The van der Waals surface area contributed by atoms with Gasteiger partial charge in [0.2, 0.25) is 0 Å². The Morgan fingerprint density at radius 2 is 2.00 bits per heavy atom. The van der Waals surface area contributed by atoms with Crippen LogP contribution >= 0.6 is 0 Å². The Bertz CT molecular complexity index is 289. The third kappa shape index (κ3) is 5.47. The third-order valence-corrected chi connectivity index (χ3v) is 3.35. The molecule has 0 bridgehead atoms. The van der Waals surface area contributed by atoms with Crippen molar-refractivity contribution in [1.82, 2.24) is 9.96 Å². The standard InChI is InChI=1S/C14H28N2O3/c1-12-11-16(19-13(17)14(2,3)4)9-8-15(12)7-6-10-18-5/h12H,6-11H2,1-5H3. The van der Waals surface area contributed by atoms with E-state index in [1.165, 1.54) is 0 Å². The van der Waals surface area contributed by atoms with E-state index >= 15 is 0 Å². The fraction of sp³-hybridized carbons (Fsp3) is 0.929. The average molecular weight is 272 g/mol. The van der Waals surface area contributed by atoms with Crippen molar-refractivity contribution < 1.29 is 14.4 Å². The quantitative estimate of drug-likeness (QED) is 0.710. The molecule has 0 saturated carbocycles. The van der Waals surface area contributed by atoms with Crippen molar-refractivity contribution in [1.29, 1.82) is 0 Å². The fourth-order valence-corrected chi connectivity index (χ4v) is 2.04. The highest BCUT2D eigenvalue weighted by atomic mass is 16.7. The minimum atomic E-state index is -0.446. The summed E-state index contributed by atoms with van der Waals surface area (Å²) in [6, 6.07) is 0.401. The van der Waals surface area contributed by atoms with E-state index in [9.17, 15) is 4.79 Å². The Morgan fingerprint density at radius 1 is 1.32 bits per heavy atom. The van der Waals surface area contributed by atoms with Crippen molar-refractivity contribution in [2.75, 3.05) is 39.9 Å². The van der Waals surface area contributed by atoms with Crippen LogP contribution in [0, 0.1) is 5.41 Å². The Kier molecular flexibility index (Phi) is 6.23. The lowest BCUT2D eigenvalue weighted by Crippen LogP contribution is -2.53. The van der Waals surface area contributed by atoms with Crippen LogP contribution in [0.3, 0.4) is 0 Å². The van der Waals surface area contributed by atoms with Gasteiger partial charge in [-0.15, -0.1) is 5.06 Å². The molecule has 0 radical (unpaired) electrons. The van der Waals surface area contributed by atoms with Gasteiger partial charge in [-0.1, -0.05) is 0 Å². The van der Waals surface area contributed by atoms with Crippen molar-refractivity contribution in [3.8, 4) is 0 Å². The van der Waals surface area contributed by atoms with Crippen LogP contribution < -0.4 is 0 Å². The monoisotopic (exact) mass is 272 g/mol. The van der Waals surface area contributed by atoms with Crippen LogP contribution in [-0.4, -0.2) is 61.9 Å². The first kappa shape index (κ1) is 16.4. The highest BCUT2D eigenvalue weighted by molar-refractivity contribution is 5.75. The molecule has 1 aliphatic heterocycles. The smallest absolute Gasteiger partial charge is 0.330 e. The second-order valence-electron chi connectivity index (χ2n) is 6.25. The summed E-state index contributed by atoms with van der Waals surface area (Å²) in [4.78, 5) is 19.7. The highest BCUT2D eigenvalue weighted by Gasteiger charge is 2.30. The summed E-state index contributed by atoms with van der Waals surface area (Å²) in [6.07, 6.45) is 1.04. The van der Waals surface area contributed by atoms with Crippen molar-refractivity contribution in [3.63, 3.8) is 0 Å². The zero-order chi connectivity index (χ0) is 14.5. The molecule has 1 heterocycles. The lowest BCUT2D eigenvalue weighted by molar-refractivity contribution is -0.210. The van der Waals surface area contributed by atoms with Gasteiger partial charge in [-0.3, -0.25) is 4.90 Å². The van der Waals surface area contributed by atoms with Crippen molar-refractivity contribution in [3.05, 3.63) is 0 Å². The highest BCUT2D eigenvalue weighted by Crippen LogP contribution is 2.18. The van der Waals surface area contributed by atoms with Gasteiger partial charge in [-0.2, -0.15) is 0 Å².